The predicted molar refractivity (Wildman–Crippen MR) is 86.4 cm³/mol. The summed E-state index contributed by atoms with van der Waals surface area (Å²) in [5.74, 6) is -0.00463. The van der Waals surface area contributed by atoms with Gasteiger partial charge in [-0.25, -0.2) is 0 Å². The number of benzene rings is 1. The third-order valence-electron chi connectivity index (χ3n) is 3.28. The van der Waals surface area contributed by atoms with Crippen molar-refractivity contribution in [2.45, 2.75) is 26.8 Å². The molecule has 0 saturated carbocycles. The minimum absolute atomic E-state index is 0.00463. The van der Waals surface area contributed by atoms with E-state index in [1.165, 1.54) is 0 Å². The molecular formula is C16H19BrN2O. The first-order chi connectivity index (χ1) is 9.40. The average molecular weight is 335 g/mol. The highest BCUT2D eigenvalue weighted by atomic mass is 79.9. The van der Waals surface area contributed by atoms with Crippen LogP contribution in [0.25, 0.3) is 0 Å². The van der Waals surface area contributed by atoms with E-state index in [-0.39, 0.29) is 11.9 Å². The number of hydrogen-bond donors (Lipinski definition) is 0. The molecule has 0 aliphatic carbocycles. The normalized spacial score (nSPS) is 10.9. The number of carbonyl (C=O) groups is 1. The van der Waals surface area contributed by atoms with Crippen molar-refractivity contribution in [3.05, 3.63) is 52.3 Å². The maximum atomic E-state index is 12.7. The Hall–Kier alpha value is -1.55. The predicted octanol–water partition coefficient (Wildman–Crippen LogP) is 4.42. The van der Waals surface area contributed by atoms with Gasteiger partial charge >= 0.3 is 0 Å². The van der Waals surface area contributed by atoms with Crippen molar-refractivity contribution < 1.29 is 4.79 Å². The summed E-state index contributed by atoms with van der Waals surface area (Å²) in [5, 5.41) is 0. The number of halogens is 1. The molecular weight excluding hydrogens is 316 g/mol. The molecule has 20 heavy (non-hydrogen) atoms. The van der Waals surface area contributed by atoms with Crippen LogP contribution in [0.1, 0.15) is 35.9 Å². The van der Waals surface area contributed by atoms with E-state index in [1.54, 1.807) is 4.90 Å². The second-order valence-corrected chi connectivity index (χ2v) is 6.16. The second kappa shape index (κ2) is 5.83. The standard InChI is InChI=1S/C16H19BrN2O/c1-11(2)19-10-13(17)9-15(19)16(20)18(4)14-7-5-6-12(3)8-14/h5-11H,1-4H3. The molecule has 106 valence electrons. The van der Waals surface area contributed by atoms with Gasteiger partial charge in [-0.2, -0.15) is 0 Å². The number of rotatable bonds is 3. The fourth-order valence-corrected chi connectivity index (χ4v) is 2.61. The van der Waals surface area contributed by atoms with Crippen molar-refractivity contribution in [1.82, 2.24) is 4.57 Å². The Morgan fingerprint density at radius 1 is 1.30 bits per heavy atom. The number of aromatic nitrogens is 1. The zero-order chi connectivity index (χ0) is 14.9. The molecule has 0 unspecified atom stereocenters. The molecule has 0 bridgehead atoms. The summed E-state index contributed by atoms with van der Waals surface area (Å²) in [6.07, 6.45) is 1.95. The summed E-state index contributed by atoms with van der Waals surface area (Å²) in [6, 6.07) is 10.1. The van der Waals surface area contributed by atoms with E-state index in [4.69, 9.17) is 0 Å². The van der Waals surface area contributed by atoms with Gasteiger partial charge in [0.2, 0.25) is 0 Å². The van der Waals surface area contributed by atoms with Crippen molar-refractivity contribution in [1.29, 1.82) is 0 Å². The Kier molecular flexibility index (Phi) is 4.33. The van der Waals surface area contributed by atoms with Gasteiger partial charge in [-0.1, -0.05) is 12.1 Å². The molecule has 1 aromatic carbocycles. The molecule has 0 aliphatic rings. The van der Waals surface area contributed by atoms with Gasteiger partial charge in [0.15, 0.2) is 0 Å². The van der Waals surface area contributed by atoms with E-state index < -0.39 is 0 Å². The quantitative estimate of drug-likeness (QED) is 0.815. The van der Waals surface area contributed by atoms with Gasteiger partial charge in [-0.05, 0) is 60.5 Å². The SMILES string of the molecule is Cc1cccc(N(C)C(=O)c2cc(Br)cn2C(C)C)c1. The second-order valence-electron chi connectivity index (χ2n) is 5.25. The van der Waals surface area contributed by atoms with Gasteiger partial charge < -0.3 is 9.47 Å². The highest BCUT2D eigenvalue weighted by Crippen LogP contribution is 2.23. The van der Waals surface area contributed by atoms with E-state index in [1.807, 2.05) is 55.1 Å². The van der Waals surface area contributed by atoms with Gasteiger partial charge in [0.1, 0.15) is 5.69 Å². The number of hydrogen-bond acceptors (Lipinski definition) is 1. The van der Waals surface area contributed by atoms with E-state index >= 15 is 0 Å². The lowest BCUT2D eigenvalue weighted by Crippen LogP contribution is -2.28. The van der Waals surface area contributed by atoms with E-state index in [9.17, 15) is 4.79 Å². The van der Waals surface area contributed by atoms with Crippen LogP contribution in [-0.2, 0) is 0 Å². The molecule has 0 N–H and O–H groups in total. The zero-order valence-electron chi connectivity index (χ0n) is 12.2. The van der Waals surface area contributed by atoms with Gasteiger partial charge in [0, 0.05) is 29.4 Å². The van der Waals surface area contributed by atoms with Gasteiger partial charge in [-0.3, -0.25) is 4.79 Å². The van der Waals surface area contributed by atoms with E-state index in [0.717, 1.165) is 15.7 Å². The van der Waals surface area contributed by atoms with Crippen LogP contribution in [0.3, 0.4) is 0 Å². The number of aryl methyl sites for hydroxylation is 1. The molecule has 1 amide bonds. The topological polar surface area (TPSA) is 25.2 Å². The molecule has 0 saturated heterocycles. The van der Waals surface area contributed by atoms with Gasteiger partial charge in [0.05, 0.1) is 0 Å². The number of amides is 1. The van der Waals surface area contributed by atoms with E-state index in [2.05, 4.69) is 29.8 Å². The molecule has 4 heteroatoms. The molecule has 1 heterocycles. The van der Waals surface area contributed by atoms with Crippen molar-refractivity contribution in [3.63, 3.8) is 0 Å². The minimum Gasteiger partial charge on any atom is -0.340 e. The minimum atomic E-state index is -0.00463. The molecule has 0 radical (unpaired) electrons. The number of anilines is 1. The maximum Gasteiger partial charge on any atom is 0.274 e. The summed E-state index contributed by atoms with van der Waals surface area (Å²) in [6.45, 7) is 6.15. The molecule has 0 spiro atoms. The lowest BCUT2D eigenvalue weighted by atomic mass is 10.2. The Morgan fingerprint density at radius 3 is 2.60 bits per heavy atom. The van der Waals surface area contributed by atoms with Crippen molar-refractivity contribution in [2.75, 3.05) is 11.9 Å². The van der Waals surface area contributed by atoms with Crippen LogP contribution in [0, 0.1) is 6.92 Å². The highest BCUT2D eigenvalue weighted by Gasteiger charge is 2.19. The van der Waals surface area contributed by atoms with Crippen LogP contribution in [-0.4, -0.2) is 17.5 Å². The smallest absolute Gasteiger partial charge is 0.274 e. The first kappa shape index (κ1) is 14.9. The van der Waals surface area contributed by atoms with Gasteiger partial charge in [-0.15, -0.1) is 0 Å². The summed E-state index contributed by atoms with van der Waals surface area (Å²) in [7, 11) is 1.81. The summed E-state index contributed by atoms with van der Waals surface area (Å²) in [5.41, 5.74) is 2.74. The molecule has 3 nitrogen and oxygen atoms in total. The van der Waals surface area contributed by atoms with Gasteiger partial charge in [0.25, 0.3) is 5.91 Å². The Balaban J connectivity index is 2.36. The Morgan fingerprint density at radius 2 is 2.00 bits per heavy atom. The van der Waals surface area contributed by atoms with E-state index in [0.29, 0.717) is 5.69 Å². The zero-order valence-corrected chi connectivity index (χ0v) is 13.8. The van der Waals surface area contributed by atoms with Crippen LogP contribution in [0.15, 0.2) is 41.0 Å². The first-order valence-corrected chi connectivity index (χ1v) is 7.41. The monoisotopic (exact) mass is 334 g/mol. The number of carbonyl (C=O) groups excluding carboxylic acids is 1. The molecule has 0 atom stereocenters. The van der Waals surface area contributed by atoms with Crippen LogP contribution < -0.4 is 4.90 Å². The maximum absolute atomic E-state index is 12.7. The summed E-state index contributed by atoms with van der Waals surface area (Å²) < 4.78 is 2.91. The van der Waals surface area contributed by atoms with Crippen LogP contribution in [0.2, 0.25) is 0 Å². The lowest BCUT2D eigenvalue weighted by Gasteiger charge is -2.20. The largest absolute Gasteiger partial charge is 0.340 e. The summed E-state index contributed by atoms with van der Waals surface area (Å²) >= 11 is 3.45. The highest BCUT2D eigenvalue weighted by molar-refractivity contribution is 9.10. The fourth-order valence-electron chi connectivity index (χ4n) is 2.17. The average Bonchev–Trinajstić information content (AvgIpc) is 2.79. The molecule has 1 aromatic heterocycles. The van der Waals surface area contributed by atoms with Crippen LogP contribution >= 0.6 is 15.9 Å². The molecule has 2 rings (SSSR count). The van der Waals surface area contributed by atoms with Crippen molar-refractivity contribution in [2.24, 2.45) is 0 Å². The third-order valence-corrected chi connectivity index (χ3v) is 3.72. The third kappa shape index (κ3) is 2.96. The Labute approximate surface area is 128 Å². The van der Waals surface area contributed by atoms with Crippen LogP contribution in [0.5, 0.6) is 0 Å². The Bertz CT molecular complexity index is 631. The molecule has 0 aliphatic heterocycles. The number of nitrogens with zero attached hydrogens (tertiary/aromatic N) is 2. The first-order valence-electron chi connectivity index (χ1n) is 6.62. The van der Waals surface area contributed by atoms with Crippen LogP contribution in [0.4, 0.5) is 5.69 Å². The van der Waals surface area contributed by atoms with Crippen molar-refractivity contribution >= 4 is 27.5 Å². The molecule has 0 fully saturated rings. The van der Waals surface area contributed by atoms with Crippen molar-refractivity contribution in [3.8, 4) is 0 Å². The lowest BCUT2D eigenvalue weighted by molar-refractivity contribution is 0.0982. The molecule has 2 aromatic rings. The summed E-state index contributed by atoms with van der Waals surface area (Å²) in [4.78, 5) is 14.4. The fraction of sp³-hybridized carbons (Fsp3) is 0.312.